The minimum atomic E-state index is -4.96. The zero-order valence-electron chi connectivity index (χ0n) is 62.2. The van der Waals surface area contributed by atoms with Gasteiger partial charge in [-0.15, -0.1) is 0 Å². The van der Waals surface area contributed by atoms with Crippen LogP contribution in [0.4, 0.5) is 0 Å². The number of rotatable bonds is 74. The lowest BCUT2D eigenvalue weighted by Gasteiger charge is -2.21. The molecule has 0 aromatic heterocycles. The standard InChI is InChI=1S/C77H146O17P2/c1-7-10-12-14-16-18-19-20-25-29-32-36-42-48-54-60-75(80)88-65-72(93-76(81)61-55-49-43-37-33-30-27-24-22-21-23-26-28-31-35-40-46-52-58-70(6)9-3)67-91-95(83,84)89-63-71(78)64-90-96(85,86)92-68-73(66-87-74(79)59-53-47-41-34-17-15-13-11-8-2)94-77(82)62-56-50-44-38-39-45-51-57-69(4)5/h18-20,25,69-73,78H,7-17,21-24,26-68H2,1-6H3,(H,83,84)(H,85,86)/b19-18-,25-20-/t70?,71-,72-,73-/m1/s1. The van der Waals surface area contributed by atoms with Crippen molar-refractivity contribution in [1.82, 2.24) is 0 Å². The van der Waals surface area contributed by atoms with E-state index in [-0.39, 0.29) is 25.7 Å². The smallest absolute Gasteiger partial charge is 0.462 e. The molecular formula is C77H146O17P2. The molecule has 3 unspecified atom stereocenters. The van der Waals surface area contributed by atoms with Crippen molar-refractivity contribution in [3.63, 3.8) is 0 Å². The molecule has 0 aliphatic heterocycles. The average molecular weight is 1410 g/mol. The van der Waals surface area contributed by atoms with E-state index in [0.29, 0.717) is 31.6 Å². The van der Waals surface area contributed by atoms with E-state index in [9.17, 15) is 43.2 Å². The highest BCUT2D eigenvalue weighted by Crippen LogP contribution is 2.45. The first kappa shape index (κ1) is 93.5. The number of phosphoric ester groups is 2. The lowest BCUT2D eigenvalue weighted by molar-refractivity contribution is -0.161. The summed E-state index contributed by atoms with van der Waals surface area (Å²) >= 11 is 0. The highest BCUT2D eigenvalue weighted by atomic mass is 31.2. The largest absolute Gasteiger partial charge is 0.472 e. The Morgan fingerprint density at radius 1 is 0.344 bits per heavy atom. The Labute approximate surface area is 586 Å². The molecule has 96 heavy (non-hydrogen) atoms. The summed E-state index contributed by atoms with van der Waals surface area (Å²) in [4.78, 5) is 72.7. The molecule has 0 heterocycles. The first-order valence-corrected chi connectivity index (χ1v) is 42.3. The molecule has 0 radical (unpaired) electrons. The summed E-state index contributed by atoms with van der Waals surface area (Å²) in [7, 11) is -9.92. The second-order valence-corrected chi connectivity index (χ2v) is 30.7. The fraction of sp³-hybridized carbons (Fsp3) is 0.896. The van der Waals surface area contributed by atoms with Gasteiger partial charge >= 0.3 is 39.5 Å². The highest BCUT2D eigenvalue weighted by Gasteiger charge is 2.30. The van der Waals surface area contributed by atoms with Crippen LogP contribution in [0.25, 0.3) is 0 Å². The highest BCUT2D eigenvalue weighted by molar-refractivity contribution is 7.47. The maximum atomic E-state index is 13.1. The summed E-state index contributed by atoms with van der Waals surface area (Å²) in [6.45, 7) is 9.51. The van der Waals surface area contributed by atoms with Gasteiger partial charge in [0.2, 0.25) is 0 Å². The third-order valence-electron chi connectivity index (χ3n) is 17.7. The molecule has 19 heteroatoms. The van der Waals surface area contributed by atoms with Crippen molar-refractivity contribution in [2.75, 3.05) is 39.6 Å². The SMILES string of the molecule is CCCCCC/C=C\C=C/CCCCCCCC(=O)OC[C@H](COP(=O)(O)OC[C@@H](O)COP(=O)(O)OC[C@@H](COC(=O)CCCCCCCCCCC)OC(=O)CCCCCCCCCC(C)C)OC(=O)CCCCCCCCCCCCCCCCCCCCC(C)CC. The van der Waals surface area contributed by atoms with Gasteiger partial charge in [-0.05, 0) is 63.2 Å². The van der Waals surface area contributed by atoms with Gasteiger partial charge in [0, 0.05) is 25.7 Å². The Bertz CT molecular complexity index is 1950. The van der Waals surface area contributed by atoms with E-state index in [1.165, 1.54) is 173 Å². The maximum absolute atomic E-state index is 13.1. The molecule has 0 aliphatic rings. The fourth-order valence-corrected chi connectivity index (χ4v) is 12.8. The van der Waals surface area contributed by atoms with Crippen LogP contribution in [0.5, 0.6) is 0 Å². The molecule has 6 atom stereocenters. The fourth-order valence-electron chi connectivity index (χ4n) is 11.3. The first-order valence-electron chi connectivity index (χ1n) is 39.3. The molecule has 0 fully saturated rings. The Morgan fingerprint density at radius 3 is 0.938 bits per heavy atom. The zero-order valence-corrected chi connectivity index (χ0v) is 63.9. The molecule has 0 bridgehead atoms. The van der Waals surface area contributed by atoms with Gasteiger partial charge in [-0.3, -0.25) is 37.3 Å². The van der Waals surface area contributed by atoms with Crippen molar-refractivity contribution in [3.05, 3.63) is 24.3 Å². The zero-order chi connectivity index (χ0) is 70.7. The molecule has 3 N–H and O–H groups in total. The molecule has 0 aromatic rings. The van der Waals surface area contributed by atoms with E-state index < -0.39 is 97.5 Å². The van der Waals surface area contributed by atoms with Crippen molar-refractivity contribution >= 4 is 39.5 Å². The van der Waals surface area contributed by atoms with Crippen LogP contribution in [0.3, 0.4) is 0 Å². The molecule has 0 saturated heterocycles. The van der Waals surface area contributed by atoms with E-state index in [2.05, 4.69) is 65.8 Å². The predicted octanol–water partition coefficient (Wildman–Crippen LogP) is 22.3. The second-order valence-electron chi connectivity index (χ2n) is 27.8. The molecule has 0 aromatic carbocycles. The van der Waals surface area contributed by atoms with Crippen LogP contribution >= 0.6 is 15.6 Å². The number of ether oxygens (including phenoxy) is 4. The third kappa shape index (κ3) is 68.7. The van der Waals surface area contributed by atoms with E-state index in [0.717, 1.165) is 115 Å². The van der Waals surface area contributed by atoms with E-state index in [4.69, 9.17) is 37.0 Å². The average Bonchev–Trinajstić information content (AvgIpc) is 1.14. The van der Waals surface area contributed by atoms with Gasteiger partial charge in [-0.25, -0.2) is 9.13 Å². The predicted molar refractivity (Wildman–Crippen MR) is 391 cm³/mol. The summed E-state index contributed by atoms with van der Waals surface area (Å²) in [6, 6.07) is 0. The van der Waals surface area contributed by atoms with Crippen LogP contribution in [-0.2, 0) is 65.4 Å². The van der Waals surface area contributed by atoms with Crippen molar-refractivity contribution in [3.8, 4) is 0 Å². The normalized spacial score (nSPS) is 14.4. The number of esters is 4. The van der Waals surface area contributed by atoms with Crippen LogP contribution < -0.4 is 0 Å². The number of carbonyl (C=O) groups is 4. The summed E-state index contributed by atoms with van der Waals surface area (Å²) in [5.74, 6) is -0.586. The van der Waals surface area contributed by atoms with Gasteiger partial charge in [0.25, 0.3) is 0 Å². The number of aliphatic hydroxyl groups is 1. The minimum Gasteiger partial charge on any atom is -0.462 e. The Morgan fingerprint density at radius 2 is 0.615 bits per heavy atom. The quantitative estimate of drug-likeness (QED) is 0.0169. The van der Waals surface area contributed by atoms with Crippen LogP contribution in [0.1, 0.15) is 375 Å². The number of allylic oxidation sites excluding steroid dienone is 4. The monoisotopic (exact) mass is 1410 g/mol. The van der Waals surface area contributed by atoms with Crippen molar-refractivity contribution in [1.29, 1.82) is 0 Å². The molecule has 566 valence electrons. The molecule has 17 nitrogen and oxygen atoms in total. The van der Waals surface area contributed by atoms with Gasteiger partial charge in [-0.2, -0.15) is 0 Å². The minimum absolute atomic E-state index is 0.101. The van der Waals surface area contributed by atoms with Crippen LogP contribution in [0, 0.1) is 11.8 Å². The molecule has 0 amide bonds. The van der Waals surface area contributed by atoms with E-state index in [1.807, 2.05) is 0 Å². The van der Waals surface area contributed by atoms with Gasteiger partial charge in [0.05, 0.1) is 26.4 Å². The lowest BCUT2D eigenvalue weighted by Crippen LogP contribution is -2.30. The van der Waals surface area contributed by atoms with Crippen molar-refractivity contribution in [2.24, 2.45) is 11.8 Å². The van der Waals surface area contributed by atoms with Gasteiger partial charge in [-0.1, -0.05) is 323 Å². The molecule has 0 saturated carbocycles. The Hall–Kier alpha value is -2.46. The molecule has 0 aliphatic carbocycles. The maximum Gasteiger partial charge on any atom is 0.472 e. The number of aliphatic hydroxyl groups excluding tert-OH is 1. The van der Waals surface area contributed by atoms with Crippen LogP contribution in [0.15, 0.2) is 24.3 Å². The van der Waals surface area contributed by atoms with Crippen molar-refractivity contribution < 1.29 is 80.2 Å². The Balaban J connectivity index is 5.21. The number of hydrogen-bond donors (Lipinski definition) is 3. The Kier molecular flexibility index (Phi) is 66.6. The topological polar surface area (TPSA) is 237 Å². The molecule has 0 spiro atoms. The summed E-state index contributed by atoms with van der Waals surface area (Å²) < 4.78 is 68.4. The van der Waals surface area contributed by atoms with Gasteiger partial charge in [0.1, 0.15) is 19.3 Å². The first-order chi connectivity index (χ1) is 46.4. The summed E-state index contributed by atoms with van der Waals surface area (Å²) in [5, 5.41) is 10.6. The van der Waals surface area contributed by atoms with Crippen molar-refractivity contribution in [2.45, 2.75) is 394 Å². The number of phosphoric acid groups is 2. The molecular weight excluding hydrogens is 1260 g/mol. The summed E-state index contributed by atoms with van der Waals surface area (Å²) in [5.41, 5.74) is 0. The number of hydrogen-bond acceptors (Lipinski definition) is 15. The van der Waals surface area contributed by atoms with E-state index >= 15 is 0 Å². The van der Waals surface area contributed by atoms with Crippen LogP contribution in [-0.4, -0.2) is 96.7 Å². The third-order valence-corrected chi connectivity index (χ3v) is 19.6. The second kappa shape index (κ2) is 68.3. The van der Waals surface area contributed by atoms with Gasteiger partial charge < -0.3 is 33.8 Å². The van der Waals surface area contributed by atoms with Crippen LogP contribution in [0.2, 0.25) is 0 Å². The molecule has 0 rings (SSSR count). The number of unbranched alkanes of at least 4 members (excludes halogenated alkanes) is 40. The number of carbonyl (C=O) groups excluding carboxylic acids is 4. The summed E-state index contributed by atoms with van der Waals surface area (Å²) in [6.07, 6.45) is 59.3. The lowest BCUT2D eigenvalue weighted by atomic mass is 9.99. The van der Waals surface area contributed by atoms with Gasteiger partial charge in [0.15, 0.2) is 12.2 Å². The van der Waals surface area contributed by atoms with E-state index in [1.54, 1.807) is 0 Å².